The van der Waals surface area contributed by atoms with E-state index < -0.39 is 17.8 Å². The van der Waals surface area contributed by atoms with E-state index in [0.29, 0.717) is 18.1 Å². The summed E-state index contributed by atoms with van der Waals surface area (Å²) in [5.41, 5.74) is 1.06. The van der Waals surface area contributed by atoms with Gasteiger partial charge in [-0.15, -0.1) is 0 Å². The fraction of sp³-hybridized carbons (Fsp3) is 0.474. The van der Waals surface area contributed by atoms with Crippen LogP contribution >= 0.6 is 11.6 Å². The topological polar surface area (TPSA) is 60.9 Å². The van der Waals surface area contributed by atoms with E-state index in [1.165, 1.54) is 0 Å². The second-order valence-electron chi connectivity index (χ2n) is 7.13. The highest BCUT2D eigenvalue weighted by Crippen LogP contribution is 2.48. The molecule has 1 aliphatic heterocycles. The van der Waals surface area contributed by atoms with Crippen LogP contribution in [0, 0.1) is 23.7 Å². The van der Waals surface area contributed by atoms with Gasteiger partial charge in [0.05, 0.1) is 11.8 Å². The fourth-order valence-corrected chi connectivity index (χ4v) is 4.75. The Morgan fingerprint density at radius 2 is 1.72 bits per heavy atom. The predicted octanol–water partition coefficient (Wildman–Crippen LogP) is 2.51. The molecule has 3 aliphatic rings. The van der Waals surface area contributed by atoms with Gasteiger partial charge in [-0.05, 0) is 36.5 Å². The number of anilines is 1. The second-order valence-corrected chi connectivity index (χ2v) is 7.57. The third kappa shape index (κ3) is 2.91. The first-order chi connectivity index (χ1) is 12.0. The Hall–Kier alpha value is -2.01. The summed E-state index contributed by atoms with van der Waals surface area (Å²) in [6, 6.07) is 7.72. The van der Waals surface area contributed by atoms with Crippen LogP contribution in [0.25, 0.3) is 0 Å². The molecule has 0 aromatic heterocycles. The van der Waals surface area contributed by atoms with E-state index in [4.69, 9.17) is 11.6 Å². The van der Waals surface area contributed by atoms with Gasteiger partial charge in [0, 0.05) is 36.9 Å². The van der Waals surface area contributed by atoms with Gasteiger partial charge in [-0.3, -0.25) is 9.59 Å². The summed E-state index contributed by atoms with van der Waals surface area (Å²) in [6.45, 7) is 2.71. The summed E-state index contributed by atoms with van der Waals surface area (Å²) >= 11 is 6.06. The molecule has 2 fully saturated rings. The molecule has 0 radical (unpaired) electrons. The lowest BCUT2D eigenvalue weighted by molar-refractivity contribution is -0.151. The Morgan fingerprint density at radius 3 is 2.36 bits per heavy atom. The maximum atomic E-state index is 13.0. The lowest BCUT2D eigenvalue weighted by atomic mass is 9.82. The number of benzene rings is 1. The molecule has 4 rings (SSSR count). The van der Waals surface area contributed by atoms with Gasteiger partial charge in [0.2, 0.25) is 5.91 Å². The number of hydrogen-bond acceptors (Lipinski definition) is 3. The number of carbonyl (C=O) groups is 2. The van der Waals surface area contributed by atoms with Crippen LogP contribution in [0.2, 0.25) is 5.02 Å². The Bertz CT molecular complexity index is 727. The second kappa shape index (κ2) is 6.37. The zero-order valence-corrected chi connectivity index (χ0v) is 14.6. The van der Waals surface area contributed by atoms with Gasteiger partial charge in [-0.25, -0.2) is 0 Å². The van der Waals surface area contributed by atoms with Gasteiger partial charge in [-0.2, -0.15) is 0 Å². The molecule has 6 heteroatoms. The summed E-state index contributed by atoms with van der Waals surface area (Å²) in [5.74, 6) is -1.69. The van der Waals surface area contributed by atoms with E-state index in [0.717, 1.165) is 25.2 Å². The standard InChI is InChI=1S/C19H21ClN2O3/c20-14-2-1-3-15(11-14)21-6-8-22(9-7-21)18(23)16-12-4-5-13(10-12)17(16)19(24)25/h1-5,11-13,16-17H,6-10H2,(H,24,25)/t12-,13-,16-,17+/m0/s1. The summed E-state index contributed by atoms with van der Waals surface area (Å²) in [7, 11) is 0. The van der Waals surface area contributed by atoms with Crippen LogP contribution in [0.3, 0.4) is 0 Å². The van der Waals surface area contributed by atoms with Crippen molar-refractivity contribution >= 4 is 29.2 Å². The van der Waals surface area contributed by atoms with Gasteiger partial charge >= 0.3 is 5.97 Å². The Balaban J connectivity index is 1.43. The van der Waals surface area contributed by atoms with Crippen molar-refractivity contribution in [2.75, 3.05) is 31.1 Å². The van der Waals surface area contributed by atoms with E-state index in [1.54, 1.807) is 0 Å². The summed E-state index contributed by atoms with van der Waals surface area (Å²) in [5, 5.41) is 10.2. The maximum absolute atomic E-state index is 13.0. The minimum atomic E-state index is -0.840. The number of fused-ring (bicyclic) bond motifs is 2. The fourth-order valence-electron chi connectivity index (χ4n) is 4.56. The van der Waals surface area contributed by atoms with Gasteiger partial charge in [-0.1, -0.05) is 29.8 Å². The summed E-state index contributed by atoms with van der Waals surface area (Å²) in [4.78, 5) is 28.7. The monoisotopic (exact) mass is 360 g/mol. The highest BCUT2D eigenvalue weighted by atomic mass is 35.5. The average Bonchev–Trinajstić information content (AvgIpc) is 3.22. The number of aliphatic carboxylic acids is 1. The van der Waals surface area contributed by atoms with Crippen LogP contribution in [0.5, 0.6) is 0 Å². The van der Waals surface area contributed by atoms with Crippen molar-refractivity contribution in [3.8, 4) is 0 Å². The number of amides is 1. The quantitative estimate of drug-likeness (QED) is 0.841. The van der Waals surface area contributed by atoms with Crippen LogP contribution in [0.4, 0.5) is 5.69 Å². The molecule has 1 heterocycles. The van der Waals surface area contributed by atoms with Crippen molar-refractivity contribution in [1.82, 2.24) is 4.90 Å². The normalized spacial score (nSPS) is 30.8. The van der Waals surface area contributed by atoms with E-state index >= 15 is 0 Å². The molecule has 1 saturated heterocycles. The molecule has 2 aliphatic carbocycles. The average molecular weight is 361 g/mol. The number of carbonyl (C=O) groups excluding carboxylic acids is 1. The van der Waals surface area contributed by atoms with Crippen LogP contribution < -0.4 is 4.90 Å². The number of hydrogen-bond donors (Lipinski definition) is 1. The molecule has 25 heavy (non-hydrogen) atoms. The van der Waals surface area contributed by atoms with E-state index in [2.05, 4.69) is 4.90 Å². The largest absolute Gasteiger partial charge is 0.481 e. The number of allylic oxidation sites excluding steroid dienone is 2. The molecule has 1 saturated carbocycles. The number of halogens is 1. The van der Waals surface area contributed by atoms with Gasteiger partial charge < -0.3 is 14.9 Å². The van der Waals surface area contributed by atoms with Crippen molar-refractivity contribution in [2.45, 2.75) is 6.42 Å². The predicted molar refractivity (Wildman–Crippen MR) is 95.6 cm³/mol. The van der Waals surface area contributed by atoms with Crippen LogP contribution in [0.1, 0.15) is 6.42 Å². The highest BCUT2D eigenvalue weighted by molar-refractivity contribution is 6.30. The van der Waals surface area contributed by atoms with Crippen molar-refractivity contribution in [1.29, 1.82) is 0 Å². The molecule has 2 bridgehead atoms. The molecule has 1 amide bonds. The van der Waals surface area contributed by atoms with Crippen LogP contribution in [-0.2, 0) is 9.59 Å². The van der Waals surface area contributed by atoms with Crippen molar-refractivity contribution in [3.05, 3.63) is 41.4 Å². The molecule has 4 atom stereocenters. The smallest absolute Gasteiger partial charge is 0.307 e. The number of rotatable bonds is 3. The third-order valence-corrected chi connectivity index (χ3v) is 6.03. The van der Waals surface area contributed by atoms with Crippen molar-refractivity contribution in [3.63, 3.8) is 0 Å². The number of nitrogens with zero attached hydrogens (tertiary/aromatic N) is 2. The maximum Gasteiger partial charge on any atom is 0.307 e. The first-order valence-corrected chi connectivity index (χ1v) is 9.13. The van der Waals surface area contributed by atoms with Gasteiger partial charge in [0.1, 0.15) is 0 Å². The third-order valence-electron chi connectivity index (χ3n) is 5.79. The zero-order valence-electron chi connectivity index (χ0n) is 13.8. The lowest BCUT2D eigenvalue weighted by Crippen LogP contribution is -2.52. The molecular weight excluding hydrogens is 340 g/mol. The van der Waals surface area contributed by atoms with Gasteiger partial charge in [0.25, 0.3) is 0 Å². The summed E-state index contributed by atoms with van der Waals surface area (Å²) in [6.07, 6.45) is 4.81. The Kier molecular flexibility index (Phi) is 4.20. The van der Waals surface area contributed by atoms with Crippen molar-refractivity contribution in [2.24, 2.45) is 23.7 Å². The summed E-state index contributed by atoms with van der Waals surface area (Å²) < 4.78 is 0. The minimum absolute atomic E-state index is 0.00925. The molecule has 0 spiro atoms. The number of piperazine rings is 1. The molecule has 5 nitrogen and oxygen atoms in total. The van der Waals surface area contributed by atoms with Crippen molar-refractivity contribution < 1.29 is 14.7 Å². The molecular formula is C19H21ClN2O3. The van der Waals surface area contributed by atoms with Gasteiger partial charge in [0.15, 0.2) is 0 Å². The Labute approximate surface area is 151 Å². The number of carboxylic acid groups (broad SMARTS) is 1. The zero-order chi connectivity index (χ0) is 17.6. The molecule has 0 unspecified atom stereocenters. The van der Waals surface area contributed by atoms with E-state index in [1.807, 2.05) is 41.3 Å². The molecule has 1 N–H and O–H groups in total. The molecule has 132 valence electrons. The Morgan fingerprint density at radius 1 is 1.04 bits per heavy atom. The molecule has 1 aromatic carbocycles. The first-order valence-electron chi connectivity index (χ1n) is 8.75. The van der Waals surface area contributed by atoms with E-state index in [-0.39, 0.29) is 17.7 Å². The minimum Gasteiger partial charge on any atom is -0.481 e. The lowest BCUT2D eigenvalue weighted by Gasteiger charge is -2.38. The van der Waals surface area contributed by atoms with E-state index in [9.17, 15) is 14.7 Å². The molecule has 1 aromatic rings. The highest BCUT2D eigenvalue weighted by Gasteiger charge is 2.52. The van der Waals surface area contributed by atoms with Crippen LogP contribution in [0.15, 0.2) is 36.4 Å². The van der Waals surface area contributed by atoms with Crippen LogP contribution in [-0.4, -0.2) is 48.1 Å². The first kappa shape index (κ1) is 16.5. The number of carboxylic acids is 1. The SMILES string of the molecule is O=C(O)[C@H]1[C@@H](C(=O)N2CCN(c3cccc(Cl)c3)CC2)[C@H]2C=C[C@H]1C2.